The third-order valence-corrected chi connectivity index (χ3v) is 3.65. The lowest BCUT2D eigenvalue weighted by molar-refractivity contribution is 0.232. The Hall–Kier alpha value is -1.36. The lowest BCUT2D eigenvalue weighted by Crippen LogP contribution is -2.35. The minimum atomic E-state index is 0.127. The second-order valence-corrected chi connectivity index (χ2v) is 5.65. The number of rotatable bonds is 7. The maximum absolute atomic E-state index is 5.67. The first-order valence-electron chi connectivity index (χ1n) is 7.66. The van der Waals surface area contributed by atoms with E-state index in [1.54, 1.807) is 6.33 Å². The third kappa shape index (κ3) is 4.07. The van der Waals surface area contributed by atoms with Crippen LogP contribution in [0.3, 0.4) is 0 Å². The number of nitrogens with two attached hydrogens (primary N) is 1. The molecule has 0 atom stereocenters. The van der Waals surface area contributed by atoms with E-state index in [0.29, 0.717) is 18.5 Å². The van der Waals surface area contributed by atoms with Crippen molar-refractivity contribution in [3.63, 3.8) is 0 Å². The smallest absolute Gasteiger partial charge is 0.218 e. The van der Waals surface area contributed by atoms with Gasteiger partial charge in [-0.15, -0.1) is 0 Å². The van der Waals surface area contributed by atoms with Crippen LogP contribution in [0.5, 0.6) is 5.88 Å². The van der Waals surface area contributed by atoms with Gasteiger partial charge in [0.15, 0.2) is 0 Å². The molecule has 0 amide bonds. The van der Waals surface area contributed by atoms with E-state index >= 15 is 0 Å². The summed E-state index contributed by atoms with van der Waals surface area (Å²) >= 11 is 0. The lowest BCUT2D eigenvalue weighted by Gasteiger charge is -2.30. The Morgan fingerprint density at radius 2 is 2.10 bits per heavy atom. The Bertz CT molecular complexity index is 405. The van der Waals surface area contributed by atoms with E-state index in [1.165, 1.54) is 25.7 Å². The third-order valence-electron chi connectivity index (χ3n) is 3.65. The first kappa shape index (κ1) is 15.0. The highest BCUT2D eigenvalue weighted by molar-refractivity contribution is 5.42. The molecule has 20 heavy (non-hydrogen) atoms. The van der Waals surface area contributed by atoms with Gasteiger partial charge in [-0.25, -0.2) is 9.97 Å². The van der Waals surface area contributed by atoms with Gasteiger partial charge in [-0.1, -0.05) is 12.8 Å². The molecular weight excluding hydrogens is 252 g/mol. The van der Waals surface area contributed by atoms with Crippen molar-refractivity contribution >= 4 is 5.82 Å². The van der Waals surface area contributed by atoms with Gasteiger partial charge < -0.3 is 15.4 Å². The second kappa shape index (κ2) is 7.43. The lowest BCUT2D eigenvalue weighted by atomic mass is 10.2. The summed E-state index contributed by atoms with van der Waals surface area (Å²) in [4.78, 5) is 11.0. The fourth-order valence-electron chi connectivity index (χ4n) is 2.75. The van der Waals surface area contributed by atoms with Gasteiger partial charge in [-0.3, -0.25) is 0 Å². The standard InChI is InChI=1S/C15H26N4O/c1-12(2)20-15-10-14(17-11-18-15)19(9-5-8-16)13-6-3-4-7-13/h10-13H,3-9,16H2,1-2H3. The molecule has 0 spiro atoms. The highest BCUT2D eigenvalue weighted by Crippen LogP contribution is 2.28. The summed E-state index contributed by atoms with van der Waals surface area (Å²) in [5, 5.41) is 0. The molecule has 1 fully saturated rings. The summed E-state index contributed by atoms with van der Waals surface area (Å²) in [7, 11) is 0. The normalized spacial score (nSPS) is 15.8. The number of aromatic nitrogens is 2. The van der Waals surface area contributed by atoms with E-state index in [-0.39, 0.29) is 6.10 Å². The molecule has 1 saturated carbocycles. The summed E-state index contributed by atoms with van der Waals surface area (Å²) in [6.45, 7) is 5.68. The van der Waals surface area contributed by atoms with Crippen molar-refractivity contribution < 1.29 is 4.74 Å². The topological polar surface area (TPSA) is 64.3 Å². The molecular formula is C15H26N4O. The molecule has 1 aliphatic carbocycles. The fourth-order valence-corrected chi connectivity index (χ4v) is 2.75. The molecule has 5 heteroatoms. The van der Waals surface area contributed by atoms with Gasteiger partial charge in [0.25, 0.3) is 0 Å². The minimum absolute atomic E-state index is 0.127. The minimum Gasteiger partial charge on any atom is -0.475 e. The van der Waals surface area contributed by atoms with E-state index in [9.17, 15) is 0 Å². The summed E-state index contributed by atoms with van der Waals surface area (Å²) in [5.74, 6) is 1.62. The van der Waals surface area contributed by atoms with Crippen molar-refractivity contribution in [2.75, 3.05) is 18.0 Å². The molecule has 0 saturated heterocycles. The van der Waals surface area contributed by atoms with E-state index in [2.05, 4.69) is 14.9 Å². The fraction of sp³-hybridized carbons (Fsp3) is 0.733. The van der Waals surface area contributed by atoms with Crippen LogP contribution in [0.25, 0.3) is 0 Å². The zero-order valence-electron chi connectivity index (χ0n) is 12.6. The summed E-state index contributed by atoms with van der Waals surface area (Å²) in [5.41, 5.74) is 5.67. The number of anilines is 1. The van der Waals surface area contributed by atoms with Gasteiger partial charge in [0.05, 0.1) is 6.10 Å². The Morgan fingerprint density at radius 3 is 2.75 bits per heavy atom. The Labute approximate surface area is 121 Å². The predicted octanol–water partition coefficient (Wildman–Crippen LogP) is 2.36. The number of nitrogens with zero attached hydrogens (tertiary/aromatic N) is 3. The van der Waals surface area contributed by atoms with Crippen LogP contribution in [0.15, 0.2) is 12.4 Å². The molecule has 1 aromatic heterocycles. The maximum atomic E-state index is 5.67. The second-order valence-electron chi connectivity index (χ2n) is 5.65. The van der Waals surface area contributed by atoms with Gasteiger partial charge >= 0.3 is 0 Å². The van der Waals surface area contributed by atoms with Gasteiger partial charge in [-0.05, 0) is 39.7 Å². The molecule has 5 nitrogen and oxygen atoms in total. The summed E-state index contributed by atoms with van der Waals surface area (Å²) in [6.07, 6.45) is 7.82. The predicted molar refractivity (Wildman–Crippen MR) is 81.1 cm³/mol. The molecule has 2 N–H and O–H groups in total. The molecule has 0 radical (unpaired) electrons. The number of hydrogen-bond donors (Lipinski definition) is 1. The quantitative estimate of drug-likeness (QED) is 0.829. The van der Waals surface area contributed by atoms with Crippen LogP contribution in [0, 0.1) is 0 Å². The van der Waals surface area contributed by atoms with Crippen molar-refractivity contribution in [1.29, 1.82) is 0 Å². The van der Waals surface area contributed by atoms with Gasteiger partial charge in [0.1, 0.15) is 12.1 Å². The van der Waals surface area contributed by atoms with Crippen LogP contribution >= 0.6 is 0 Å². The van der Waals surface area contributed by atoms with E-state index in [0.717, 1.165) is 18.8 Å². The molecule has 0 bridgehead atoms. The zero-order valence-corrected chi connectivity index (χ0v) is 12.6. The summed E-state index contributed by atoms with van der Waals surface area (Å²) < 4.78 is 5.67. The molecule has 0 aromatic carbocycles. The highest BCUT2D eigenvalue weighted by Gasteiger charge is 2.23. The molecule has 1 aliphatic rings. The Morgan fingerprint density at radius 1 is 1.35 bits per heavy atom. The van der Waals surface area contributed by atoms with Crippen LogP contribution < -0.4 is 15.4 Å². The van der Waals surface area contributed by atoms with Crippen molar-refractivity contribution in [2.24, 2.45) is 5.73 Å². The van der Waals surface area contributed by atoms with Gasteiger partial charge in [0.2, 0.25) is 5.88 Å². The van der Waals surface area contributed by atoms with Crippen LogP contribution in [0.2, 0.25) is 0 Å². The van der Waals surface area contributed by atoms with Crippen molar-refractivity contribution in [3.05, 3.63) is 12.4 Å². The average molecular weight is 278 g/mol. The number of ether oxygens (including phenoxy) is 1. The van der Waals surface area contributed by atoms with E-state index in [4.69, 9.17) is 10.5 Å². The zero-order chi connectivity index (χ0) is 14.4. The molecule has 0 unspecified atom stereocenters. The van der Waals surface area contributed by atoms with Crippen molar-refractivity contribution in [1.82, 2.24) is 9.97 Å². The van der Waals surface area contributed by atoms with Gasteiger partial charge in [0, 0.05) is 18.7 Å². The Kier molecular flexibility index (Phi) is 5.59. The van der Waals surface area contributed by atoms with Crippen LogP contribution in [-0.4, -0.2) is 35.2 Å². The SMILES string of the molecule is CC(C)Oc1cc(N(CCCN)C2CCCC2)ncn1. The monoisotopic (exact) mass is 278 g/mol. The maximum Gasteiger partial charge on any atom is 0.218 e. The largest absolute Gasteiger partial charge is 0.475 e. The molecule has 1 aromatic rings. The molecule has 0 aliphatic heterocycles. The average Bonchev–Trinajstić information content (AvgIpc) is 2.93. The molecule has 112 valence electrons. The molecule has 2 rings (SSSR count). The first-order valence-corrected chi connectivity index (χ1v) is 7.66. The van der Waals surface area contributed by atoms with Crippen LogP contribution in [0.4, 0.5) is 5.82 Å². The van der Waals surface area contributed by atoms with Crippen LogP contribution in [0.1, 0.15) is 46.0 Å². The van der Waals surface area contributed by atoms with Crippen molar-refractivity contribution in [2.45, 2.75) is 58.1 Å². The van der Waals surface area contributed by atoms with E-state index < -0.39 is 0 Å². The Balaban J connectivity index is 2.14. The van der Waals surface area contributed by atoms with Crippen LogP contribution in [-0.2, 0) is 0 Å². The van der Waals surface area contributed by atoms with E-state index in [1.807, 2.05) is 19.9 Å². The highest BCUT2D eigenvalue weighted by atomic mass is 16.5. The first-order chi connectivity index (χ1) is 9.70. The summed E-state index contributed by atoms with van der Waals surface area (Å²) in [6, 6.07) is 2.54. The molecule has 1 heterocycles. The van der Waals surface area contributed by atoms with Crippen molar-refractivity contribution in [3.8, 4) is 5.88 Å². The number of hydrogen-bond acceptors (Lipinski definition) is 5. The van der Waals surface area contributed by atoms with Gasteiger partial charge in [-0.2, -0.15) is 0 Å².